The Bertz CT molecular complexity index is 995. The van der Waals surface area contributed by atoms with Gasteiger partial charge in [0, 0.05) is 6.07 Å². The number of aryl methyl sites for hydroxylation is 2. The summed E-state index contributed by atoms with van der Waals surface area (Å²) in [5.41, 5.74) is 4.30. The van der Waals surface area contributed by atoms with Crippen LogP contribution in [0.2, 0.25) is 0 Å². The Morgan fingerprint density at radius 3 is 2.41 bits per heavy atom. The Morgan fingerprint density at radius 1 is 1.10 bits per heavy atom. The molecule has 0 spiro atoms. The average molecular weight is 399 g/mol. The quantitative estimate of drug-likeness (QED) is 0.793. The van der Waals surface area contributed by atoms with E-state index in [9.17, 15) is 13.9 Å². The standard InChI is InChI=1S/C22H23F2N3O2/c1-13-5-14(2)20(8-17(13)12-28)26-22-25-15(3)21(29-4)11-27(22)10-16-6-18(23)9-19(24)7-16/h5-9,11,28H,3,10,12H2,1-2,4H3,(H,25,26). The van der Waals surface area contributed by atoms with Crippen LogP contribution in [0.1, 0.15) is 22.3 Å². The summed E-state index contributed by atoms with van der Waals surface area (Å²) in [5, 5.41) is 12.6. The van der Waals surface area contributed by atoms with Gasteiger partial charge in [0.05, 0.1) is 37.8 Å². The van der Waals surface area contributed by atoms with Crippen LogP contribution in [-0.4, -0.2) is 23.1 Å². The van der Waals surface area contributed by atoms with Crippen LogP contribution in [0.15, 0.2) is 59.6 Å². The second-order valence-electron chi connectivity index (χ2n) is 6.87. The first-order valence-corrected chi connectivity index (χ1v) is 9.04. The molecule has 1 aliphatic rings. The zero-order valence-electron chi connectivity index (χ0n) is 16.6. The van der Waals surface area contributed by atoms with Gasteiger partial charge in [0.1, 0.15) is 11.6 Å². The summed E-state index contributed by atoms with van der Waals surface area (Å²) >= 11 is 0. The van der Waals surface area contributed by atoms with Crippen LogP contribution >= 0.6 is 0 Å². The SMILES string of the molecule is C=C1NC(=Nc2cc(CO)c(C)cc2C)N(Cc2cc(F)cc(F)c2)C=C1OC. The fourth-order valence-corrected chi connectivity index (χ4v) is 3.13. The number of aliphatic imine (C=N–C) groups is 1. The second kappa shape index (κ2) is 8.45. The van der Waals surface area contributed by atoms with Gasteiger partial charge in [-0.15, -0.1) is 0 Å². The van der Waals surface area contributed by atoms with Crippen LogP contribution in [0.3, 0.4) is 0 Å². The molecule has 0 bridgehead atoms. The van der Waals surface area contributed by atoms with E-state index in [-0.39, 0.29) is 13.2 Å². The van der Waals surface area contributed by atoms with Crippen molar-refractivity contribution in [3.8, 4) is 0 Å². The van der Waals surface area contributed by atoms with Gasteiger partial charge in [-0.2, -0.15) is 0 Å². The Hall–Kier alpha value is -3.19. The maximum absolute atomic E-state index is 13.6. The molecule has 2 aromatic rings. The lowest BCUT2D eigenvalue weighted by atomic mass is 10.0. The zero-order chi connectivity index (χ0) is 21.1. The average Bonchev–Trinajstić information content (AvgIpc) is 2.65. The van der Waals surface area contributed by atoms with Crippen LogP contribution in [0.4, 0.5) is 14.5 Å². The van der Waals surface area contributed by atoms with E-state index in [1.807, 2.05) is 26.0 Å². The number of methoxy groups -OCH3 is 1. The molecule has 0 radical (unpaired) electrons. The molecule has 1 aliphatic heterocycles. The summed E-state index contributed by atoms with van der Waals surface area (Å²) < 4.78 is 32.6. The summed E-state index contributed by atoms with van der Waals surface area (Å²) in [7, 11) is 1.51. The normalized spacial score (nSPS) is 15.4. The number of nitrogens with one attached hydrogen (secondary N) is 1. The van der Waals surface area contributed by atoms with Gasteiger partial charge in [-0.3, -0.25) is 0 Å². The van der Waals surface area contributed by atoms with E-state index in [0.29, 0.717) is 28.7 Å². The molecule has 7 heteroatoms. The summed E-state index contributed by atoms with van der Waals surface area (Å²) in [6.45, 7) is 7.85. The molecule has 29 heavy (non-hydrogen) atoms. The van der Waals surface area contributed by atoms with Crippen molar-refractivity contribution < 1.29 is 18.6 Å². The number of halogens is 2. The van der Waals surface area contributed by atoms with Gasteiger partial charge in [-0.25, -0.2) is 13.8 Å². The number of hydrogen-bond acceptors (Lipinski definition) is 3. The monoisotopic (exact) mass is 399 g/mol. The van der Waals surface area contributed by atoms with Gasteiger partial charge in [0.15, 0.2) is 5.76 Å². The van der Waals surface area contributed by atoms with Crippen LogP contribution in [0.5, 0.6) is 0 Å². The predicted molar refractivity (Wildman–Crippen MR) is 108 cm³/mol. The van der Waals surface area contributed by atoms with Crippen molar-refractivity contribution in [3.63, 3.8) is 0 Å². The molecule has 3 rings (SSSR count). The lowest BCUT2D eigenvalue weighted by molar-refractivity contribution is 0.281. The van der Waals surface area contributed by atoms with E-state index >= 15 is 0 Å². The number of hydrogen-bond donors (Lipinski definition) is 2. The molecule has 0 aromatic heterocycles. The second-order valence-corrected chi connectivity index (χ2v) is 6.87. The molecule has 5 nitrogen and oxygen atoms in total. The molecule has 0 aliphatic carbocycles. The molecule has 0 saturated heterocycles. The molecule has 152 valence electrons. The lowest BCUT2D eigenvalue weighted by Gasteiger charge is -2.30. The van der Waals surface area contributed by atoms with Gasteiger partial charge in [-0.05, 0) is 54.3 Å². The summed E-state index contributed by atoms with van der Waals surface area (Å²) in [5.74, 6) is -0.384. The van der Waals surface area contributed by atoms with Gasteiger partial charge in [0.25, 0.3) is 0 Å². The van der Waals surface area contributed by atoms with Crippen LogP contribution < -0.4 is 5.32 Å². The number of ether oxygens (including phenoxy) is 1. The van der Waals surface area contributed by atoms with E-state index in [1.165, 1.54) is 19.2 Å². The molecule has 0 fully saturated rings. The van der Waals surface area contributed by atoms with Crippen molar-refractivity contribution in [2.45, 2.75) is 27.0 Å². The van der Waals surface area contributed by atoms with Crippen molar-refractivity contribution in [1.82, 2.24) is 10.2 Å². The van der Waals surface area contributed by atoms with Crippen molar-refractivity contribution in [2.75, 3.05) is 7.11 Å². The fraction of sp³-hybridized carbons (Fsp3) is 0.227. The largest absolute Gasteiger partial charge is 0.493 e. The summed E-state index contributed by atoms with van der Waals surface area (Å²) in [4.78, 5) is 6.37. The first kappa shape index (κ1) is 20.5. The van der Waals surface area contributed by atoms with Gasteiger partial charge in [0.2, 0.25) is 5.96 Å². The summed E-state index contributed by atoms with van der Waals surface area (Å²) in [6, 6.07) is 7.14. The van der Waals surface area contributed by atoms with E-state index in [2.05, 4.69) is 16.9 Å². The highest BCUT2D eigenvalue weighted by molar-refractivity contribution is 5.87. The van der Waals surface area contributed by atoms with Crippen molar-refractivity contribution in [1.29, 1.82) is 0 Å². The van der Waals surface area contributed by atoms with Crippen molar-refractivity contribution in [2.24, 2.45) is 4.99 Å². The summed E-state index contributed by atoms with van der Waals surface area (Å²) in [6.07, 6.45) is 1.68. The highest BCUT2D eigenvalue weighted by Crippen LogP contribution is 2.26. The molecule has 1 heterocycles. The Morgan fingerprint density at radius 2 is 1.79 bits per heavy atom. The topological polar surface area (TPSA) is 57.1 Å². The molecule has 0 atom stereocenters. The first-order valence-electron chi connectivity index (χ1n) is 9.04. The Kier molecular flexibility index (Phi) is 5.98. The third kappa shape index (κ3) is 4.63. The number of benzene rings is 2. The minimum Gasteiger partial charge on any atom is -0.493 e. The molecular formula is C22H23F2N3O2. The van der Waals surface area contributed by atoms with Crippen LogP contribution in [0.25, 0.3) is 0 Å². The van der Waals surface area contributed by atoms with Crippen LogP contribution in [-0.2, 0) is 17.9 Å². The predicted octanol–water partition coefficient (Wildman–Crippen LogP) is 4.17. The van der Waals surface area contributed by atoms with Crippen molar-refractivity contribution in [3.05, 3.63) is 88.5 Å². The molecule has 2 N–H and O–H groups in total. The minimum atomic E-state index is -0.647. The maximum atomic E-state index is 13.6. The van der Waals surface area contributed by atoms with E-state index in [1.54, 1.807) is 11.1 Å². The zero-order valence-corrected chi connectivity index (χ0v) is 16.6. The number of rotatable bonds is 5. The van der Waals surface area contributed by atoms with Gasteiger partial charge < -0.3 is 20.1 Å². The minimum absolute atomic E-state index is 0.0931. The maximum Gasteiger partial charge on any atom is 0.208 e. The molecular weight excluding hydrogens is 376 g/mol. The number of nitrogens with zero attached hydrogens (tertiary/aromatic N) is 2. The number of aliphatic hydroxyl groups is 1. The smallest absolute Gasteiger partial charge is 0.208 e. The lowest BCUT2D eigenvalue weighted by Crippen LogP contribution is -2.41. The first-order chi connectivity index (χ1) is 13.8. The number of guanidine groups is 1. The van der Waals surface area contributed by atoms with Crippen molar-refractivity contribution >= 4 is 11.6 Å². The third-order valence-electron chi connectivity index (χ3n) is 4.65. The molecule has 2 aromatic carbocycles. The van der Waals surface area contributed by atoms with E-state index in [4.69, 9.17) is 4.74 Å². The van der Waals surface area contributed by atoms with Gasteiger partial charge >= 0.3 is 0 Å². The fourth-order valence-electron chi connectivity index (χ4n) is 3.13. The Labute approximate surface area is 168 Å². The van der Waals surface area contributed by atoms with E-state index < -0.39 is 11.6 Å². The third-order valence-corrected chi connectivity index (χ3v) is 4.65. The highest BCUT2D eigenvalue weighted by atomic mass is 19.1. The van der Waals surface area contributed by atoms with Gasteiger partial charge in [-0.1, -0.05) is 12.6 Å². The molecule has 0 saturated carbocycles. The molecule has 0 unspecified atom stereocenters. The Balaban J connectivity index is 2.04. The van der Waals surface area contributed by atoms with E-state index in [0.717, 1.165) is 22.8 Å². The number of aliphatic hydroxyl groups excluding tert-OH is 1. The highest BCUT2D eigenvalue weighted by Gasteiger charge is 2.21. The molecule has 0 amide bonds. The van der Waals surface area contributed by atoms with Crippen LogP contribution in [0, 0.1) is 25.5 Å².